The molecule has 0 N–H and O–H groups in total. The van der Waals surface area contributed by atoms with Gasteiger partial charge in [-0.05, 0) is 42.2 Å². The van der Waals surface area contributed by atoms with Gasteiger partial charge in [-0.15, -0.1) is 10.2 Å². The fourth-order valence-corrected chi connectivity index (χ4v) is 4.00. The highest BCUT2D eigenvalue weighted by Gasteiger charge is 2.15. The molecule has 0 spiro atoms. The van der Waals surface area contributed by atoms with Crippen LogP contribution in [0.25, 0.3) is 16.6 Å². The van der Waals surface area contributed by atoms with Crippen LogP contribution in [-0.2, 0) is 5.75 Å². The van der Waals surface area contributed by atoms with Crippen LogP contribution < -0.4 is 5.56 Å². The number of benzene rings is 2. The van der Waals surface area contributed by atoms with Gasteiger partial charge < -0.3 is 4.42 Å². The molecule has 4 rings (SSSR count). The van der Waals surface area contributed by atoms with Gasteiger partial charge in [0.15, 0.2) is 5.16 Å². The summed E-state index contributed by atoms with van der Waals surface area (Å²) in [6.45, 7) is 6.13. The first-order chi connectivity index (χ1) is 14.1. The highest BCUT2D eigenvalue weighted by Crippen LogP contribution is 2.26. The normalized spacial score (nSPS) is 12.4. The second kappa shape index (κ2) is 8.21. The van der Waals surface area contributed by atoms with E-state index in [1.165, 1.54) is 17.3 Å². The lowest BCUT2D eigenvalue weighted by Crippen LogP contribution is -2.21. The van der Waals surface area contributed by atoms with Crippen molar-refractivity contribution in [1.29, 1.82) is 0 Å². The molecule has 2 aromatic heterocycles. The Balaban J connectivity index is 1.79. The number of aryl methyl sites for hydroxylation is 1. The third-order valence-electron chi connectivity index (χ3n) is 4.97. The number of hydrogen-bond acceptors (Lipinski definition) is 6. The highest BCUT2D eigenvalue weighted by molar-refractivity contribution is 7.98. The lowest BCUT2D eigenvalue weighted by molar-refractivity contribution is 0.485. The van der Waals surface area contributed by atoms with Crippen LogP contribution in [-0.4, -0.2) is 19.7 Å². The maximum absolute atomic E-state index is 13.3. The molecule has 4 aromatic rings. The van der Waals surface area contributed by atoms with Crippen LogP contribution in [0.4, 0.5) is 0 Å². The van der Waals surface area contributed by atoms with E-state index in [1.54, 1.807) is 11.5 Å². The number of fused-ring (bicyclic) bond motifs is 1. The molecule has 0 unspecified atom stereocenters. The van der Waals surface area contributed by atoms with Gasteiger partial charge in [-0.2, -0.15) is 0 Å². The molecule has 0 amide bonds. The molecule has 0 saturated heterocycles. The molecule has 7 heteroatoms. The van der Waals surface area contributed by atoms with Crippen molar-refractivity contribution in [2.24, 2.45) is 0 Å². The van der Waals surface area contributed by atoms with Gasteiger partial charge >= 0.3 is 0 Å². The molecule has 6 nitrogen and oxygen atoms in total. The Morgan fingerprint density at radius 3 is 2.55 bits per heavy atom. The molecule has 0 fully saturated rings. The van der Waals surface area contributed by atoms with Crippen molar-refractivity contribution >= 4 is 22.7 Å². The molecule has 148 valence electrons. The quantitative estimate of drug-likeness (QED) is 0.335. The summed E-state index contributed by atoms with van der Waals surface area (Å²) in [6, 6.07) is 15.5. The lowest BCUT2D eigenvalue weighted by atomic mass is 9.98. The third kappa shape index (κ3) is 3.96. The number of nitrogens with zero attached hydrogens (tertiary/aromatic N) is 4. The summed E-state index contributed by atoms with van der Waals surface area (Å²) >= 11 is 1.41. The zero-order valence-electron chi connectivity index (χ0n) is 16.6. The van der Waals surface area contributed by atoms with Crippen LogP contribution in [0.1, 0.15) is 43.5 Å². The maximum atomic E-state index is 13.3. The predicted molar refractivity (Wildman–Crippen MR) is 115 cm³/mol. The Bertz CT molecular complexity index is 1200. The standard InChI is InChI=1S/C22H22N4O2S/c1-4-14(2)16-9-11-17(12-10-16)26-21(27)18-7-5-6-8-19(18)23-22(26)29-13-20-25-24-15(3)28-20/h5-12,14H,4,13H2,1-3H3/t14-/m1/s1. The zero-order valence-corrected chi connectivity index (χ0v) is 17.4. The Morgan fingerprint density at radius 1 is 1.10 bits per heavy atom. The lowest BCUT2D eigenvalue weighted by Gasteiger charge is -2.14. The zero-order chi connectivity index (χ0) is 20.4. The van der Waals surface area contributed by atoms with E-state index in [4.69, 9.17) is 9.40 Å². The fourth-order valence-electron chi connectivity index (χ4n) is 3.15. The Morgan fingerprint density at radius 2 is 1.86 bits per heavy atom. The average Bonchev–Trinajstić information content (AvgIpc) is 3.17. The van der Waals surface area contributed by atoms with Gasteiger partial charge in [0.1, 0.15) is 0 Å². The molecular formula is C22H22N4O2S. The first kappa shape index (κ1) is 19.4. The van der Waals surface area contributed by atoms with Gasteiger partial charge in [0, 0.05) is 6.92 Å². The number of para-hydroxylation sites is 1. The van der Waals surface area contributed by atoms with E-state index in [1.807, 2.05) is 36.4 Å². The topological polar surface area (TPSA) is 73.8 Å². The van der Waals surface area contributed by atoms with Crippen LogP contribution in [0.15, 0.2) is 62.9 Å². The maximum Gasteiger partial charge on any atom is 0.266 e. The molecule has 0 saturated carbocycles. The smallest absolute Gasteiger partial charge is 0.266 e. The van der Waals surface area contributed by atoms with Crippen molar-refractivity contribution in [3.63, 3.8) is 0 Å². The minimum Gasteiger partial charge on any atom is -0.425 e. The van der Waals surface area contributed by atoms with Gasteiger partial charge in [0.05, 0.1) is 22.3 Å². The number of aromatic nitrogens is 4. The van der Waals surface area contributed by atoms with Crippen molar-refractivity contribution < 1.29 is 4.42 Å². The molecular weight excluding hydrogens is 384 g/mol. The van der Waals surface area contributed by atoms with Crippen molar-refractivity contribution in [3.8, 4) is 5.69 Å². The van der Waals surface area contributed by atoms with Crippen LogP contribution in [0, 0.1) is 6.92 Å². The second-order valence-electron chi connectivity index (χ2n) is 6.96. The molecule has 29 heavy (non-hydrogen) atoms. The van der Waals surface area contributed by atoms with Gasteiger partial charge in [0.2, 0.25) is 11.8 Å². The predicted octanol–water partition coefficient (Wildman–Crippen LogP) is 4.88. The van der Waals surface area contributed by atoms with Gasteiger partial charge in [0.25, 0.3) is 5.56 Å². The molecule has 0 bridgehead atoms. The van der Waals surface area contributed by atoms with E-state index < -0.39 is 0 Å². The van der Waals surface area contributed by atoms with Crippen molar-refractivity contribution in [3.05, 3.63) is 76.2 Å². The van der Waals surface area contributed by atoms with Crippen molar-refractivity contribution in [1.82, 2.24) is 19.7 Å². The molecule has 2 heterocycles. The summed E-state index contributed by atoms with van der Waals surface area (Å²) in [4.78, 5) is 18.0. The summed E-state index contributed by atoms with van der Waals surface area (Å²) in [5.41, 5.74) is 2.64. The third-order valence-corrected chi connectivity index (χ3v) is 5.89. The van der Waals surface area contributed by atoms with Gasteiger partial charge in [-0.25, -0.2) is 4.98 Å². The molecule has 0 radical (unpaired) electrons. The van der Waals surface area contributed by atoms with Crippen molar-refractivity contribution in [2.45, 2.75) is 44.0 Å². The van der Waals surface area contributed by atoms with Crippen LogP contribution >= 0.6 is 11.8 Å². The summed E-state index contributed by atoms with van der Waals surface area (Å²) in [5, 5.41) is 9.09. The van der Waals surface area contributed by atoms with E-state index in [0.29, 0.717) is 39.5 Å². The summed E-state index contributed by atoms with van der Waals surface area (Å²) in [6.07, 6.45) is 1.07. The SMILES string of the molecule is CC[C@@H](C)c1ccc(-n2c(SCc3nnc(C)o3)nc3ccccc3c2=O)cc1. The molecule has 0 aliphatic carbocycles. The monoisotopic (exact) mass is 406 g/mol. The Hall–Kier alpha value is -2.93. The number of thioether (sulfide) groups is 1. The Kier molecular flexibility index (Phi) is 5.49. The van der Waals surface area contributed by atoms with E-state index >= 15 is 0 Å². The first-order valence-corrected chi connectivity index (χ1v) is 10.6. The van der Waals surface area contributed by atoms with E-state index in [-0.39, 0.29) is 5.56 Å². The van der Waals surface area contributed by atoms with Crippen molar-refractivity contribution in [2.75, 3.05) is 0 Å². The molecule has 0 aliphatic heterocycles. The van der Waals surface area contributed by atoms with Gasteiger partial charge in [-0.3, -0.25) is 9.36 Å². The van der Waals surface area contributed by atoms with E-state index in [9.17, 15) is 4.79 Å². The van der Waals surface area contributed by atoms with Crippen LogP contribution in [0.3, 0.4) is 0 Å². The average molecular weight is 407 g/mol. The highest BCUT2D eigenvalue weighted by atomic mass is 32.2. The molecule has 1 atom stereocenters. The van der Waals surface area contributed by atoms with Gasteiger partial charge in [-0.1, -0.05) is 49.9 Å². The first-order valence-electron chi connectivity index (χ1n) is 9.60. The summed E-state index contributed by atoms with van der Waals surface area (Å²) in [5.74, 6) is 1.94. The largest absolute Gasteiger partial charge is 0.425 e. The molecule has 0 aliphatic rings. The number of hydrogen-bond donors (Lipinski definition) is 0. The number of rotatable bonds is 6. The molecule has 2 aromatic carbocycles. The minimum atomic E-state index is -0.0869. The second-order valence-corrected chi connectivity index (χ2v) is 7.90. The van der Waals surface area contributed by atoms with E-state index in [2.05, 4.69) is 36.2 Å². The Labute approximate surface area is 173 Å². The van der Waals surface area contributed by atoms with Crippen LogP contribution in [0.2, 0.25) is 0 Å². The van der Waals surface area contributed by atoms with E-state index in [0.717, 1.165) is 12.1 Å². The summed E-state index contributed by atoms with van der Waals surface area (Å²) in [7, 11) is 0. The summed E-state index contributed by atoms with van der Waals surface area (Å²) < 4.78 is 7.13. The minimum absolute atomic E-state index is 0.0869. The fraction of sp³-hybridized carbons (Fsp3) is 0.273. The van der Waals surface area contributed by atoms with Crippen LogP contribution in [0.5, 0.6) is 0 Å².